The minimum atomic E-state index is -0.957. The van der Waals surface area contributed by atoms with E-state index in [4.69, 9.17) is 14.6 Å². The molecule has 2 rings (SSSR count). The lowest BCUT2D eigenvalue weighted by molar-refractivity contribution is 0.0899. The van der Waals surface area contributed by atoms with E-state index < -0.39 is 11.6 Å². The first-order valence-electron chi connectivity index (χ1n) is 6.44. The summed E-state index contributed by atoms with van der Waals surface area (Å²) in [5.74, 6) is -1.29. The number of ether oxygens (including phenoxy) is 2. The van der Waals surface area contributed by atoms with Gasteiger partial charge in [-0.1, -0.05) is 0 Å². The van der Waals surface area contributed by atoms with E-state index in [0.29, 0.717) is 0 Å². The Hall–Kier alpha value is -1.36. The van der Waals surface area contributed by atoms with Crippen LogP contribution in [0.15, 0.2) is 12.1 Å². The highest BCUT2D eigenvalue weighted by Crippen LogP contribution is 2.34. The van der Waals surface area contributed by atoms with Crippen LogP contribution in [0.1, 0.15) is 25.7 Å². The van der Waals surface area contributed by atoms with Crippen molar-refractivity contribution in [3.63, 3.8) is 0 Å². The summed E-state index contributed by atoms with van der Waals surface area (Å²) in [5, 5.41) is 9.17. The summed E-state index contributed by atoms with van der Waals surface area (Å²) in [6.45, 7) is 0.134. The summed E-state index contributed by atoms with van der Waals surface area (Å²) in [7, 11) is 1.39. The SMILES string of the molecule is COc1cc(F)c(F)cc1O[C@@H]1CCCC(CO)C1. The first kappa shape index (κ1) is 14.1. The Morgan fingerprint density at radius 1 is 1.21 bits per heavy atom. The highest BCUT2D eigenvalue weighted by atomic mass is 19.2. The fourth-order valence-corrected chi connectivity index (χ4v) is 2.46. The first-order valence-corrected chi connectivity index (χ1v) is 6.44. The van der Waals surface area contributed by atoms with E-state index in [1.54, 1.807) is 0 Å². The number of aliphatic hydroxyl groups is 1. The average molecular weight is 272 g/mol. The van der Waals surface area contributed by atoms with E-state index in [9.17, 15) is 8.78 Å². The predicted molar refractivity (Wildman–Crippen MR) is 66.4 cm³/mol. The molecule has 0 aliphatic heterocycles. The van der Waals surface area contributed by atoms with Crippen molar-refractivity contribution < 1.29 is 23.4 Å². The third kappa shape index (κ3) is 3.35. The third-order valence-electron chi connectivity index (χ3n) is 3.49. The molecular weight excluding hydrogens is 254 g/mol. The first-order chi connectivity index (χ1) is 9.13. The van der Waals surface area contributed by atoms with Gasteiger partial charge in [0.2, 0.25) is 0 Å². The number of halogens is 2. The van der Waals surface area contributed by atoms with Crippen LogP contribution in [0.4, 0.5) is 8.78 Å². The summed E-state index contributed by atoms with van der Waals surface area (Å²) >= 11 is 0. The summed E-state index contributed by atoms with van der Waals surface area (Å²) in [5.41, 5.74) is 0. The topological polar surface area (TPSA) is 38.7 Å². The molecule has 1 unspecified atom stereocenters. The molecule has 0 aromatic heterocycles. The predicted octanol–water partition coefficient (Wildman–Crippen LogP) is 2.90. The molecule has 19 heavy (non-hydrogen) atoms. The Bertz CT molecular complexity index is 437. The van der Waals surface area contributed by atoms with Crippen LogP contribution in [0.25, 0.3) is 0 Å². The third-order valence-corrected chi connectivity index (χ3v) is 3.49. The van der Waals surface area contributed by atoms with Gasteiger partial charge in [-0.05, 0) is 31.6 Å². The second-order valence-corrected chi connectivity index (χ2v) is 4.87. The molecule has 1 aromatic rings. The highest BCUT2D eigenvalue weighted by Gasteiger charge is 2.24. The number of rotatable bonds is 4. The summed E-state index contributed by atoms with van der Waals surface area (Å²) in [6, 6.07) is 1.99. The molecule has 1 fully saturated rings. The molecule has 0 spiro atoms. The molecule has 0 radical (unpaired) electrons. The molecule has 0 heterocycles. The molecule has 0 amide bonds. The number of hydrogen-bond donors (Lipinski definition) is 1. The van der Waals surface area contributed by atoms with Gasteiger partial charge in [0.25, 0.3) is 0 Å². The Labute approximate surface area is 111 Å². The van der Waals surface area contributed by atoms with E-state index in [1.807, 2.05) is 0 Å². The fourth-order valence-electron chi connectivity index (χ4n) is 2.46. The highest BCUT2D eigenvalue weighted by molar-refractivity contribution is 5.40. The van der Waals surface area contributed by atoms with Gasteiger partial charge in [-0.25, -0.2) is 8.78 Å². The second kappa shape index (κ2) is 6.19. The smallest absolute Gasteiger partial charge is 0.164 e. The van der Waals surface area contributed by atoms with Crippen LogP contribution in [-0.4, -0.2) is 24.9 Å². The maximum atomic E-state index is 13.2. The van der Waals surface area contributed by atoms with Crippen LogP contribution in [-0.2, 0) is 0 Å². The Balaban J connectivity index is 2.11. The van der Waals surface area contributed by atoms with Gasteiger partial charge in [0.05, 0.1) is 13.2 Å². The molecule has 0 bridgehead atoms. The Morgan fingerprint density at radius 2 is 1.89 bits per heavy atom. The molecule has 0 saturated heterocycles. The molecular formula is C14H18F2O3. The maximum Gasteiger partial charge on any atom is 0.164 e. The van der Waals surface area contributed by atoms with Gasteiger partial charge in [-0.3, -0.25) is 0 Å². The maximum absolute atomic E-state index is 13.2. The zero-order chi connectivity index (χ0) is 13.8. The number of hydrogen-bond acceptors (Lipinski definition) is 3. The van der Waals surface area contributed by atoms with Gasteiger partial charge in [-0.2, -0.15) is 0 Å². The Kier molecular flexibility index (Phi) is 4.58. The largest absolute Gasteiger partial charge is 0.493 e. The van der Waals surface area contributed by atoms with Gasteiger partial charge in [0.15, 0.2) is 23.1 Å². The molecule has 106 valence electrons. The monoisotopic (exact) mass is 272 g/mol. The van der Waals surface area contributed by atoms with Gasteiger partial charge < -0.3 is 14.6 Å². The van der Waals surface area contributed by atoms with Crippen molar-refractivity contribution in [1.29, 1.82) is 0 Å². The zero-order valence-electron chi connectivity index (χ0n) is 10.9. The number of methoxy groups -OCH3 is 1. The molecule has 5 heteroatoms. The van der Waals surface area contributed by atoms with Gasteiger partial charge in [0, 0.05) is 18.7 Å². The van der Waals surface area contributed by atoms with Gasteiger partial charge in [-0.15, -0.1) is 0 Å². The second-order valence-electron chi connectivity index (χ2n) is 4.87. The van der Waals surface area contributed by atoms with Crippen molar-refractivity contribution in [2.45, 2.75) is 31.8 Å². The molecule has 1 saturated carbocycles. The lowest BCUT2D eigenvalue weighted by Crippen LogP contribution is -2.27. The van der Waals surface area contributed by atoms with Crippen molar-refractivity contribution in [2.24, 2.45) is 5.92 Å². The van der Waals surface area contributed by atoms with Crippen molar-refractivity contribution in [2.75, 3.05) is 13.7 Å². The van der Waals surface area contributed by atoms with E-state index in [2.05, 4.69) is 0 Å². The van der Waals surface area contributed by atoms with Crippen LogP contribution in [0.2, 0.25) is 0 Å². The van der Waals surface area contributed by atoms with Crippen LogP contribution >= 0.6 is 0 Å². The quantitative estimate of drug-likeness (QED) is 0.916. The van der Waals surface area contributed by atoms with E-state index in [0.717, 1.165) is 37.8 Å². The molecule has 1 aliphatic rings. The molecule has 3 nitrogen and oxygen atoms in total. The molecule has 1 N–H and O–H groups in total. The standard InChI is InChI=1S/C14H18F2O3/c1-18-13-6-11(15)12(16)7-14(13)19-10-4-2-3-9(5-10)8-17/h6-7,9-10,17H,2-5,8H2,1H3/t9?,10-/m1/s1. The lowest BCUT2D eigenvalue weighted by atomic mass is 9.88. The van der Waals surface area contributed by atoms with Gasteiger partial charge >= 0.3 is 0 Å². The van der Waals surface area contributed by atoms with Crippen LogP contribution in [0, 0.1) is 17.6 Å². The minimum Gasteiger partial charge on any atom is -0.493 e. The molecule has 1 aromatic carbocycles. The molecule has 2 atom stereocenters. The number of aliphatic hydroxyl groups excluding tert-OH is 1. The van der Waals surface area contributed by atoms with Crippen molar-refractivity contribution in [1.82, 2.24) is 0 Å². The summed E-state index contributed by atoms with van der Waals surface area (Å²) in [6.07, 6.45) is 3.41. The Morgan fingerprint density at radius 3 is 2.53 bits per heavy atom. The minimum absolute atomic E-state index is 0.0929. The van der Waals surface area contributed by atoms with E-state index in [-0.39, 0.29) is 30.1 Å². The van der Waals surface area contributed by atoms with E-state index in [1.165, 1.54) is 7.11 Å². The lowest BCUT2D eigenvalue weighted by Gasteiger charge is -2.28. The molecule has 1 aliphatic carbocycles. The fraction of sp³-hybridized carbons (Fsp3) is 0.571. The summed E-state index contributed by atoms with van der Waals surface area (Å²) < 4.78 is 37.0. The van der Waals surface area contributed by atoms with Gasteiger partial charge in [0.1, 0.15) is 0 Å². The number of benzene rings is 1. The van der Waals surface area contributed by atoms with Crippen LogP contribution in [0.5, 0.6) is 11.5 Å². The summed E-state index contributed by atoms with van der Waals surface area (Å²) in [4.78, 5) is 0. The average Bonchev–Trinajstić information content (AvgIpc) is 2.43. The zero-order valence-corrected chi connectivity index (χ0v) is 10.9. The van der Waals surface area contributed by atoms with E-state index >= 15 is 0 Å². The normalized spacial score (nSPS) is 23.2. The van der Waals surface area contributed by atoms with Crippen molar-refractivity contribution in [3.8, 4) is 11.5 Å². The van der Waals surface area contributed by atoms with Crippen molar-refractivity contribution >= 4 is 0 Å². The van der Waals surface area contributed by atoms with Crippen molar-refractivity contribution in [3.05, 3.63) is 23.8 Å². The van der Waals surface area contributed by atoms with Crippen LogP contribution in [0.3, 0.4) is 0 Å². The van der Waals surface area contributed by atoms with Crippen LogP contribution < -0.4 is 9.47 Å².